The molecule has 27 heavy (non-hydrogen) atoms. The second-order valence-corrected chi connectivity index (χ2v) is 6.81. The Morgan fingerprint density at radius 1 is 1.00 bits per heavy atom. The van der Waals surface area contributed by atoms with Gasteiger partial charge in [0, 0.05) is 18.3 Å². The fourth-order valence-electron chi connectivity index (χ4n) is 2.83. The number of rotatable bonds is 6. The van der Waals surface area contributed by atoms with E-state index in [4.69, 9.17) is 0 Å². The summed E-state index contributed by atoms with van der Waals surface area (Å²) in [5.41, 5.74) is 3.33. The van der Waals surface area contributed by atoms with E-state index in [1.807, 2.05) is 55.5 Å². The lowest BCUT2D eigenvalue weighted by Crippen LogP contribution is -2.31. The minimum absolute atomic E-state index is 0.256. The van der Waals surface area contributed by atoms with Crippen molar-refractivity contribution in [1.29, 1.82) is 0 Å². The molecule has 1 heterocycles. The van der Waals surface area contributed by atoms with Gasteiger partial charge >= 0.3 is 0 Å². The van der Waals surface area contributed by atoms with Crippen LogP contribution in [0.3, 0.4) is 0 Å². The molecule has 2 aromatic carbocycles. The lowest BCUT2D eigenvalue weighted by atomic mass is 10.2. The first kappa shape index (κ1) is 18.6. The fourth-order valence-corrected chi connectivity index (χ4v) is 2.83. The van der Waals surface area contributed by atoms with E-state index < -0.39 is 0 Å². The van der Waals surface area contributed by atoms with E-state index in [0.29, 0.717) is 5.69 Å². The standard InChI is InChI=1S/C22H24N4O/c1-16(2)26(15-18-9-5-4-6-10-18)21-13-12-20(24-25-21)22(27)23-19-11-7-8-17(3)14-19/h4-14,16H,15H2,1-3H3,(H,23,27). The molecule has 0 saturated heterocycles. The van der Waals surface area contributed by atoms with E-state index in [9.17, 15) is 4.79 Å². The van der Waals surface area contributed by atoms with Gasteiger partial charge in [0.05, 0.1) is 0 Å². The molecule has 5 heteroatoms. The lowest BCUT2D eigenvalue weighted by molar-refractivity contribution is 0.102. The monoisotopic (exact) mass is 360 g/mol. The summed E-state index contributed by atoms with van der Waals surface area (Å²) in [6.07, 6.45) is 0. The van der Waals surface area contributed by atoms with Gasteiger partial charge in [-0.2, -0.15) is 0 Å². The number of carbonyl (C=O) groups excluding carboxylic acids is 1. The van der Waals surface area contributed by atoms with Crippen LogP contribution in [-0.4, -0.2) is 22.1 Å². The van der Waals surface area contributed by atoms with Gasteiger partial charge in [-0.1, -0.05) is 42.5 Å². The van der Waals surface area contributed by atoms with Crippen molar-refractivity contribution in [2.24, 2.45) is 0 Å². The number of carbonyl (C=O) groups is 1. The number of nitrogens with zero attached hydrogens (tertiary/aromatic N) is 3. The highest BCUT2D eigenvalue weighted by Crippen LogP contribution is 2.18. The molecular formula is C22H24N4O. The molecule has 0 radical (unpaired) electrons. The van der Waals surface area contributed by atoms with Crippen molar-refractivity contribution in [1.82, 2.24) is 10.2 Å². The number of nitrogens with one attached hydrogen (secondary N) is 1. The third-order valence-corrected chi connectivity index (χ3v) is 4.27. The second kappa shape index (κ2) is 8.45. The quantitative estimate of drug-likeness (QED) is 0.705. The Morgan fingerprint density at radius 2 is 1.78 bits per heavy atom. The second-order valence-electron chi connectivity index (χ2n) is 6.81. The Balaban J connectivity index is 1.73. The summed E-state index contributed by atoms with van der Waals surface area (Å²) in [5.74, 6) is 0.486. The average Bonchev–Trinajstić information content (AvgIpc) is 2.67. The Morgan fingerprint density at radius 3 is 2.41 bits per heavy atom. The summed E-state index contributed by atoms with van der Waals surface area (Å²) in [5, 5.41) is 11.3. The average molecular weight is 360 g/mol. The topological polar surface area (TPSA) is 58.1 Å². The predicted octanol–water partition coefficient (Wildman–Crippen LogP) is 4.45. The Kier molecular flexibility index (Phi) is 5.81. The third kappa shape index (κ3) is 4.91. The zero-order valence-corrected chi connectivity index (χ0v) is 15.9. The number of anilines is 2. The molecule has 3 aromatic rings. The first-order chi connectivity index (χ1) is 13.0. The molecule has 0 bridgehead atoms. The minimum atomic E-state index is -0.265. The van der Waals surface area contributed by atoms with Crippen molar-refractivity contribution < 1.29 is 4.79 Å². The van der Waals surface area contributed by atoms with E-state index in [-0.39, 0.29) is 11.9 Å². The highest BCUT2D eigenvalue weighted by Gasteiger charge is 2.15. The number of amides is 1. The largest absolute Gasteiger partial charge is 0.348 e. The molecule has 0 unspecified atom stereocenters. The first-order valence-electron chi connectivity index (χ1n) is 9.05. The normalized spacial score (nSPS) is 10.7. The molecule has 0 aliphatic heterocycles. The molecule has 0 atom stereocenters. The zero-order valence-electron chi connectivity index (χ0n) is 15.9. The van der Waals surface area contributed by atoms with E-state index in [1.165, 1.54) is 5.56 Å². The molecule has 0 fully saturated rings. The Labute approximate surface area is 160 Å². The van der Waals surface area contributed by atoms with Gasteiger partial charge in [-0.05, 0) is 56.2 Å². The molecule has 1 amide bonds. The molecule has 0 aliphatic carbocycles. The van der Waals surface area contributed by atoms with E-state index >= 15 is 0 Å². The van der Waals surface area contributed by atoms with Crippen LogP contribution in [0.5, 0.6) is 0 Å². The molecule has 5 nitrogen and oxygen atoms in total. The number of hydrogen-bond acceptors (Lipinski definition) is 4. The van der Waals surface area contributed by atoms with Crippen LogP contribution < -0.4 is 10.2 Å². The lowest BCUT2D eigenvalue weighted by Gasteiger charge is -2.27. The third-order valence-electron chi connectivity index (χ3n) is 4.27. The van der Waals surface area contributed by atoms with Crippen molar-refractivity contribution in [3.05, 3.63) is 83.6 Å². The van der Waals surface area contributed by atoms with Crippen LogP contribution in [0, 0.1) is 6.92 Å². The number of benzene rings is 2. The van der Waals surface area contributed by atoms with Crippen molar-refractivity contribution in [3.8, 4) is 0 Å². The Bertz CT molecular complexity index is 892. The number of hydrogen-bond donors (Lipinski definition) is 1. The number of aromatic nitrogens is 2. The van der Waals surface area contributed by atoms with Crippen LogP contribution in [0.25, 0.3) is 0 Å². The summed E-state index contributed by atoms with van der Waals surface area (Å²) in [7, 11) is 0. The molecule has 1 aromatic heterocycles. The zero-order chi connectivity index (χ0) is 19.2. The van der Waals surface area contributed by atoms with Crippen LogP contribution in [0.2, 0.25) is 0 Å². The fraction of sp³-hybridized carbons (Fsp3) is 0.227. The SMILES string of the molecule is Cc1cccc(NC(=O)c2ccc(N(Cc3ccccc3)C(C)C)nn2)c1. The van der Waals surface area contributed by atoms with Gasteiger partial charge in [0.2, 0.25) is 0 Å². The van der Waals surface area contributed by atoms with E-state index in [1.54, 1.807) is 6.07 Å². The Hall–Kier alpha value is -3.21. The number of aryl methyl sites for hydroxylation is 1. The summed E-state index contributed by atoms with van der Waals surface area (Å²) >= 11 is 0. The molecule has 0 saturated carbocycles. The van der Waals surface area contributed by atoms with Gasteiger partial charge in [0.1, 0.15) is 0 Å². The van der Waals surface area contributed by atoms with E-state index in [0.717, 1.165) is 23.6 Å². The summed E-state index contributed by atoms with van der Waals surface area (Å²) < 4.78 is 0. The molecule has 1 N–H and O–H groups in total. The predicted molar refractivity (Wildman–Crippen MR) is 109 cm³/mol. The molecule has 0 aliphatic rings. The van der Waals surface area contributed by atoms with Gasteiger partial charge in [-0.3, -0.25) is 4.79 Å². The maximum absolute atomic E-state index is 12.4. The smallest absolute Gasteiger partial charge is 0.276 e. The first-order valence-corrected chi connectivity index (χ1v) is 9.05. The maximum atomic E-state index is 12.4. The maximum Gasteiger partial charge on any atom is 0.276 e. The van der Waals surface area contributed by atoms with Crippen molar-refractivity contribution >= 4 is 17.4 Å². The van der Waals surface area contributed by atoms with Crippen molar-refractivity contribution in [3.63, 3.8) is 0 Å². The van der Waals surface area contributed by atoms with E-state index in [2.05, 4.69) is 46.4 Å². The van der Waals surface area contributed by atoms with Gasteiger partial charge in [0.15, 0.2) is 11.5 Å². The van der Waals surface area contributed by atoms with Crippen LogP contribution >= 0.6 is 0 Å². The molecular weight excluding hydrogens is 336 g/mol. The van der Waals surface area contributed by atoms with Crippen LogP contribution in [0.1, 0.15) is 35.5 Å². The van der Waals surface area contributed by atoms with Gasteiger partial charge < -0.3 is 10.2 Å². The van der Waals surface area contributed by atoms with Crippen LogP contribution in [-0.2, 0) is 6.54 Å². The van der Waals surface area contributed by atoms with Crippen molar-refractivity contribution in [2.75, 3.05) is 10.2 Å². The van der Waals surface area contributed by atoms with Gasteiger partial charge in [0.25, 0.3) is 5.91 Å². The summed E-state index contributed by atoms with van der Waals surface area (Å²) in [6, 6.07) is 21.7. The molecule has 3 rings (SSSR count). The van der Waals surface area contributed by atoms with Crippen LogP contribution in [0.15, 0.2) is 66.7 Å². The highest BCUT2D eigenvalue weighted by atomic mass is 16.1. The molecule has 138 valence electrons. The summed E-state index contributed by atoms with van der Waals surface area (Å²) in [4.78, 5) is 14.6. The van der Waals surface area contributed by atoms with Crippen molar-refractivity contribution in [2.45, 2.75) is 33.4 Å². The molecule has 0 spiro atoms. The highest BCUT2D eigenvalue weighted by molar-refractivity contribution is 6.02. The van der Waals surface area contributed by atoms with Gasteiger partial charge in [-0.15, -0.1) is 10.2 Å². The van der Waals surface area contributed by atoms with Crippen LogP contribution in [0.4, 0.5) is 11.5 Å². The van der Waals surface area contributed by atoms with Gasteiger partial charge in [-0.25, -0.2) is 0 Å². The minimum Gasteiger partial charge on any atom is -0.348 e. The summed E-state index contributed by atoms with van der Waals surface area (Å²) in [6.45, 7) is 6.95.